The summed E-state index contributed by atoms with van der Waals surface area (Å²) in [5.41, 5.74) is 1.87. The Morgan fingerprint density at radius 1 is 1.09 bits per heavy atom. The topological polar surface area (TPSA) is 67.4 Å². The maximum Gasteiger partial charge on any atom is 0.254 e. The molecule has 1 aliphatic heterocycles. The molecule has 0 unspecified atom stereocenters. The Hall–Kier alpha value is -1.40. The zero-order chi connectivity index (χ0) is 15.8. The molecule has 3 aliphatic rings. The lowest BCUT2D eigenvalue weighted by Crippen LogP contribution is -2.30. The van der Waals surface area contributed by atoms with E-state index in [1.165, 1.54) is 4.88 Å². The molecule has 1 aromatic heterocycles. The van der Waals surface area contributed by atoms with Crippen molar-refractivity contribution < 1.29 is 14.3 Å². The largest absolute Gasteiger partial charge is 0.368 e. The number of amides is 2. The van der Waals surface area contributed by atoms with Crippen LogP contribution in [-0.4, -0.2) is 30.6 Å². The highest BCUT2D eigenvalue weighted by molar-refractivity contribution is 7.17. The number of fused-ring (bicyclic) bond motifs is 1. The minimum absolute atomic E-state index is 0.0189. The molecule has 0 spiro atoms. The summed E-state index contributed by atoms with van der Waals surface area (Å²) in [6.07, 6.45) is 7.69. The molecule has 1 saturated carbocycles. The fourth-order valence-corrected chi connectivity index (χ4v) is 4.65. The maximum absolute atomic E-state index is 12.7. The summed E-state index contributed by atoms with van der Waals surface area (Å²) in [7, 11) is 0. The lowest BCUT2D eigenvalue weighted by atomic mass is 9.95. The second-order valence-corrected chi connectivity index (χ2v) is 7.76. The number of carbonyl (C=O) groups is 2. The van der Waals surface area contributed by atoms with E-state index in [4.69, 9.17) is 4.74 Å². The molecule has 2 N–H and O–H groups in total. The first-order chi connectivity index (χ1) is 11.2. The van der Waals surface area contributed by atoms with Gasteiger partial charge in [0.15, 0.2) is 0 Å². The Kier molecular flexibility index (Phi) is 4.11. The summed E-state index contributed by atoms with van der Waals surface area (Å²) in [6.45, 7) is 0.647. The number of aryl methyl sites for hydroxylation is 1. The van der Waals surface area contributed by atoms with Gasteiger partial charge < -0.3 is 15.4 Å². The van der Waals surface area contributed by atoms with Gasteiger partial charge in [-0.2, -0.15) is 0 Å². The number of hydrogen-bond acceptors (Lipinski definition) is 4. The highest BCUT2D eigenvalue weighted by Crippen LogP contribution is 2.39. The predicted octanol–water partition coefficient (Wildman–Crippen LogP) is 2.64. The van der Waals surface area contributed by atoms with Crippen LogP contribution in [0.4, 0.5) is 5.00 Å². The van der Waals surface area contributed by atoms with E-state index in [9.17, 15) is 9.59 Å². The Morgan fingerprint density at radius 2 is 1.91 bits per heavy atom. The second kappa shape index (κ2) is 6.24. The number of carbonyl (C=O) groups excluding carboxylic acids is 2. The van der Waals surface area contributed by atoms with Crippen molar-refractivity contribution in [2.45, 2.75) is 63.5 Å². The average molecular weight is 334 g/mol. The molecule has 124 valence electrons. The number of ether oxygens (including phenoxy) is 1. The second-order valence-electron chi connectivity index (χ2n) is 6.65. The van der Waals surface area contributed by atoms with E-state index >= 15 is 0 Å². The van der Waals surface area contributed by atoms with Gasteiger partial charge in [-0.15, -0.1) is 11.3 Å². The van der Waals surface area contributed by atoms with Gasteiger partial charge in [0, 0.05) is 17.5 Å². The fraction of sp³-hybridized carbons (Fsp3) is 0.647. The molecule has 0 bridgehead atoms. The third kappa shape index (κ3) is 3.15. The van der Waals surface area contributed by atoms with Crippen molar-refractivity contribution in [1.29, 1.82) is 0 Å². The Labute approximate surface area is 139 Å². The molecule has 2 fully saturated rings. The van der Waals surface area contributed by atoms with Gasteiger partial charge in [-0.25, -0.2) is 0 Å². The Morgan fingerprint density at radius 3 is 2.65 bits per heavy atom. The van der Waals surface area contributed by atoms with E-state index in [1.54, 1.807) is 11.3 Å². The molecule has 2 amide bonds. The van der Waals surface area contributed by atoms with Gasteiger partial charge in [0.1, 0.15) is 11.1 Å². The zero-order valence-electron chi connectivity index (χ0n) is 13.2. The average Bonchev–Trinajstić information content (AvgIpc) is 3.06. The third-order valence-corrected chi connectivity index (χ3v) is 5.98. The van der Waals surface area contributed by atoms with Crippen LogP contribution in [0.5, 0.6) is 0 Å². The molecule has 2 heterocycles. The quantitative estimate of drug-likeness (QED) is 0.889. The van der Waals surface area contributed by atoms with Crippen molar-refractivity contribution in [2.75, 3.05) is 11.9 Å². The van der Waals surface area contributed by atoms with Crippen LogP contribution in [0.25, 0.3) is 0 Å². The first kappa shape index (κ1) is 15.1. The lowest BCUT2D eigenvalue weighted by molar-refractivity contribution is -0.124. The zero-order valence-corrected chi connectivity index (χ0v) is 14.0. The van der Waals surface area contributed by atoms with Crippen molar-refractivity contribution >= 4 is 28.2 Å². The van der Waals surface area contributed by atoms with Gasteiger partial charge in [-0.05, 0) is 56.9 Å². The number of anilines is 1. The van der Waals surface area contributed by atoms with Crippen LogP contribution in [0.1, 0.15) is 59.3 Å². The fourth-order valence-electron chi connectivity index (χ4n) is 3.36. The molecule has 2 aliphatic carbocycles. The van der Waals surface area contributed by atoms with Gasteiger partial charge in [-0.1, -0.05) is 0 Å². The molecule has 1 aromatic rings. The third-order valence-electron chi connectivity index (χ3n) is 4.77. The SMILES string of the molecule is O=C(NC1CC1)c1c(NC(=O)[C@@H]2CCCO2)sc2c1CCCC2. The molecule has 23 heavy (non-hydrogen) atoms. The molecule has 0 radical (unpaired) electrons. The molecular formula is C17H22N2O3S. The predicted molar refractivity (Wildman–Crippen MR) is 89.1 cm³/mol. The number of rotatable bonds is 4. The van der Waals surface area contributed by atoms with Gasteiger partial charge in [-0.3, -0.25) is 9.59 Å². The minimum atomic E-state index is -0.367. The summed E-state index contributed by atoms with van der Waals surface area (Å²) >= 11 is 1.58. The van der Waals surface area contributed by atoms with Gasteiger partial charge in [0.2, 0.25) is 0 Å². The Bertz CT molecular complexity index is 630. The monoisotopic (exact) mass is 334 g/mol. The lowest BCUT2D eigenvalue weighted by Gasteiger charge is -2.14. The van der Waals surface area contributed by atoms with Crippen molar-refractivity contribution in [3.63, 3.8) is 0 Å². The maximum atomic E-state index is 12.7. The molecular weight excluding hydrogens is 312 g/mol. The van der Waals surface area contributed by atoms with E-state index in [-0.39, 0.29) is 17.9 Å². The van der Waals surface area contributed by atoms with Gasteiger partial charge in [0.05, 0.1) is 5.56 Å². The number of hydrogen-bond donors (Lipinski definition) is 2. The summed E-state index contributed by atoms with van der Waals surface area (Å²) < 4.78 is 5.46. The van der Waals surface area contributed by atoms with Crippen LogP contribution in [0.2, 0.25) is 0 Å². The first-order valence-electron chi connectivity index (χ1n) is 8.60. The molecule has 5 nitrogen and oxygen atoms in total. The number of nitrogens with one attached hydrogen (secondary N) is 2. The normalized spacial score (nSPS) is 23.4. The van der Waals surface area contributed by atoms with Gasteiger partial charge >= 0.3 is 0 Å². The summed E-state index contributed by atoms with van der Waals surface area (Å²) in [5.74, 6) is -0.129. The molecule has 4 rings (SSSR count). The molecule has 6 heteroatoms. The summed E-state index contributed by atoms with van der Waals surface area (Å²) in [4.78, 5) is 26.3. The summed E-state index contributed by atoms with van der Waals surface area (Å²) in [5, 5.41) is 6.77. The highest BCUT2D eigenvalue weighted by atomic mass is 32.1. The van der Waals surface area contributed by atoms with E-state index in [0.717, 1.165) is 61.9 Å². The number of thiophene rings is 1. The van der Waals surface area contributed by atoms with Gasteiger partial charge in [0.25, 0.3) is 11.8 Å². The van der Waals surface area contributed by atoms with E-state index in [2.05, 4.69) is 10.6 Å². The van der Waals surface area contributed by atoms with Crippen LogP contribution < -0.4 is 10.6 Å². The first-order valence-corrected chi connectivity index (χ1v) is 9.42. The Balaban J connectivity index is 1.60. The van der Waals surface area contributed by atoms with Crippen LogP contribution >= 0.6 is 11.3 Å². The van der Waals surface area contributed by atoms with E-state index < -0.39 is 0 Å². The smallest absolute Gasteiger partial charge is 0.254 e. The van der Waals surface area contributed by atoms with Crippen molar-refractivity contribution in [3.8, 4) is 0 Å². The minimum Gasteiger partial charge on any atom is -0.368 e. The van der Waals surface area contributed by atoms with E-state index in [0.29, 0.717) is 18.2 Å². The summed E-state index contributed by atoms with van der Waals surface area (Å²) in [6, 6.07) is 0.323. The van der Waals surface area contributed by atoms with Crippen LogP contribution in [-0.2, 0) is 22.4 Å². The van der Waals surface area contributed by atoms with Crippen molar-refractivity contribution in [3.05, 3.63) is 16.0 Å². The van der Waals surface area contributed by atoms with E-state index in [1.807, 2.05) is 0 Å². The highest BCUT2D eigenvalue weighted by Gasteiger charge is 2.31. The van der Waals surface area contributed by atoms with Crippen LogP contribution in [0.3, 0.4) is 0 Å². The van der Waals surface area contributed by atoms with Crippen molar-refractivity contribution in [1.82, 2.24) is 5.32 Å². The standard InChI is InChI=1S/C17H22N2O3S/c20-15(12-5-3-9-22-12)19-17-14(16(21)18-10-7-8-10)11-4-1-2-6-13(11)23-17/h10,12H,1-9H2,(H,18,21)(H,19,20)/t12-/m0/s1. The molecule has 1 atom stereocenters. The van der Waals surface area contributed by atoms with Crippen LogP contribution in [0, 0.1) is 0 Å². The van der Waals surface area contributed by atoms with Crippen molar-refractivity contribution in [2.24, 2.45) is 0 Å². The molecule has 0 aromatic carbocycles. The molecule has 1 saturated heterocycles. The van der Waals surface area contributed by atoms with Crippen LogP contribution in [0.15, 0.2) is 0 Å².